The van der Waals surface area contributed by atoms with E-state index in [4.69, 9.17) is 4.74 Å². The van der Waals surface area contributed by atoms with Crippen molar-refractivity contribution in [1.29, 1.82) is 0 Å². The number of esters is 1. The van der Waals surface area contributed by atoms with Crippen molar-refractivity contribution in [3.63, 3.8) is 0 Å². The van der Waals surface area contributed by atoms with E-state index in [1.807, 2.05) is 6.92 Å². The van der Waals surface area contributed by atoms with E-state index in [0.29, 0.717) is 10.9 Å². The van der Waals surface area contributed by atoms with Gasteiger partial charge in [-0.3, -0.25) is 4.79 Å². The first-order valence-electron chi connectivity index (χ1n) is 8.04. The van der Waals surface area contributed by atoms with E-state index in [-0.39, 0.29) is 22.6 Å². The number of ether oxygens (including phenoxy) is 2. The zero-order valence-corrected chi connectivity index (χ0v) is 15.8. The minimum atomic E-state index is -3.98. The number of halogens is 1. The van der Waals surface area contributed by atoms with E-state index in [1.54, 1.807) is 12.1 Å². The normalized spacial score (nSPS) is 11.6. The van der Waals surface area contributed by atoms with E-state index in [2.05, 4.69) is 4.74 Å². The number of hydrogen-bond acceptors (Lipinski definition) is 5. The first-order valence-corrected chi connectivity index (χ1v) is 9.48. The van der Waals surface area contributed by atoms with Gasteiger partial charge in [0, 0.05) is 17.6 Å². The Kier molecular flexibility index (Phi) is 4.93. The maximum atomic E-state index is 14.3. The molecule has 3 rings (SSSR count). The zero-order chi connectivity index (χ0) is 19.8. The van der Waals surface area contributed by atoms with Crippen molar-refractivity contribution in [2.75, 3.05) is 14.2 Å². The van der Waals surface area contributed by atoms with Gasteiger partial charge >= 0.3 is 5.97 Å². The van der Waals surface area contributed by atoms with Crippen LogP contribution < -0.4 is 4.74 Å². The zero-order valence-electron chi connectivity index (χ0n) is 15.0. The molecule has 0 amide bonds. The van der Waals surface area contributed by atoms with Gasteiger partial charge in [0.2, 0.25) is 0 Å². The third-order valence-electron chi connectivity index (χ3n) is 4.27. The lowest BCUT2D eigenvalue weighted by Crippen LogP contribution is -2.12. The fourth-order valence-electron chi connectivity index (χ4n) is 2.81. The Morgan fingerprint density at radius 3 is 2.41 bits per heavy atom. The molecule has 0 radical (unpaired) electrons. The summed E-state index contributed by atoms with van der Waals surface area (Å²) in [4.78, 5) is 11.8. The Morgan fingerprint density at radius 1 is 1.15 bits per heavy atom. The van der Waals surface area contributed by atoms with Crippen LogP contribution in [0, 0.1) is 12.7 Å². The summed E-state index contributed by atoms with van der Waals surface area (Å²) in [7, 11) is -1.43. The third kappa shape index (κ3) is 3.40. The summed E-state index contributed by atoms with van der Waals surface area (Å²) in [5.41, 5.74) is 1.42. The van der Waals surface area contributed by atoms with E-state index in [0.717, 1.165) is 15.6 Å². The van der Waals surface area contributed by atoms with Crippen LogP contribution >= 0.6 is 0 Å². The van der Waals surface area contributed by atoms with Crippen molar-refractivity contribution >= 4 is 26.9 Å². The van der Waals surface area contributed by atoms with Gasteiger partial charge in [0.25, 0.3) is 10.0 Å². The van der Waals surface area contributed by atoms with Crippen LogP contribution in [-0.2, 0) is 26.0 Å². The number of methoxy groups -OCH3 is 2. The van der Waals surface area contributed by atoms with Gasteiger partial charge in [-0.25, -0.2) is 16.8 Å². The number of nitrogens with zero attached hydrogens (tertiary/aromatic N) is 1. The molecule has 0 saturated heterocycles. The number of benzene rings is 2. The fraction of sp³-hybridized carbons (Fsp3) is 0.211. The van der Waals surface area contributed by atoms with Gasteiger partial charge in [-0.05, 0) is 30.7 Å². The van der Waals surface area contributed by atoms with Crippen molar-refractivity contribution in [2.24, 2.45) is 0 Å². The SMILES string of the molecule is COC(=O)Cc1cn(S(=O)(=O)c2ccc(C)cc2)c2cc(F)c(OC)cc12. The minimum Gasteiger partial charge on any atom is -0.494 e. The first kappa shape index (κ1) is 18.9. The van der Waals surface area contributed by atoms with E-state index < -0.39 is 21.8 Å². The number of aromatic nitrogens is 1. The lowest BCUT2D eigenvalue weighted by atomic mass is 10.1. The third-order valence-corrected chi connectivity index (χ3v) is 5.95. The molecule has 0 unspecified atom stereocenters. The summed E-state index contributed by atoms with van der Waals surface area (Å²) in [5, 5.41) is 0.398. The molecule has 0 atom stereocenters. The van der Waals surface area contributed by atoms with Crippen LogP contribution in [-0.4, -0.2) is 32.6 Å². The van der Waals surface area contributed by atoms with Crippen LogP contribution in [0.5, 0.6) is 5.75 Å². The van der Waals surface area contributed by atoms with E-state index in [9.17, 15) is 17.6 Å². The molecule has 1 heterocycles. The Labute approximate surface area is 156 Å². The highest BCUT2D eigenvalue weighted by atomic mass is 32.2. The molecule has 6 nitrogen and oxygen atoms in total. The Hall–Kier alpha value is -2.87. The second kappa shape index (κ2) is 7.03. The van der Waals surface area contributed by atoms with Crippen LogP contribution in [0.15, 0.2) is 47.5 Å². The molecular formula is C19H18FNO5S. The molecule has 0 aliphatic heterocycles. The molecule has 0 aliphatic rings. The lowest BCUT2D eigenvalue weighted by molar-refractivity contribution is -0.139. The highest BCUT2D eigenvalue weighted by molar-refractivity contribution is 7.90. The number of hydrogen-bond donors (Lipinski definition) is 0. The summed E-state index contributed by atoms with van der Waals surface area (Å²) >= 11 is 0. The van der Waals surface area contributed by atoms with Crippen molar-refractivity contribution < 1.29 is 27.1 Å². The van der Waals surface area contributed by atoms with E-state index in [1.165, 1.54) is 38.6 Å². The Morgan fingerprint density at radius 2 is 1.81 bits per heavy atom. The predicted octanol–water partition coefficient (Wildman–Crippen LogP) is 3.05. The monoisotopic (exact) mass is 391 g/mol. The molecule has 0 fully saturated rings. The van der Waals surface area contributed by atoms with Crippen LogP contribution in [0.3, 0.4) is 0 Å². The van der Waals surface area contributed by atoms with Crippen LogP contribution in [0.4, 0.5) is 4.39 Å². The molecule has 0 bridgehead atoms. The molecule has 0 aliphatic carbocycles. The van der Waals surface area contributed by atoms with Crippen LogP contribution in [0.2, 0.25) is 0 Å². The maximum Gasteiger partial charge on any atom is 0.310 e. The number of carbonyl (C=O) groups excluding carboxylic acids is 1. The molecular weight excluding hydrogens is 373 g/mol. The average molecular weight is 391 g/mol. The van der Waals surface area contributed by atoms with Crippen LogP contribution in [0.25, 0.3) is 10.9 Å². The lowest BCUT2D eigenvalue weighted by Gasteiger charge is -2.09. The van der Waals surface area contributed by atoms with Crippen molar-refractivity contribution in [3.8, 4) is 5.75 Å². The van der Waals surface area contributed by atoms with Gasteiger partial charge in [0.1, 0.15) is 0 Å². The van der Waals surface area contributed by atoms with Crippen molar-refractivity contribution in [3.05, 3.63) is 59.5 Å². The van der Waals surface area contributed by atoms with E-state index >= 15 is 0 Å². The highest BCUT2D eigenvalue weighted by Crippen LogP contribution is 2.31. The number of aryl methyl sites for hydroxylation is 1. The molecule has 8 heteroatoms. The molecule has 142 valence electrons. The highest BCUT2D eigenvalue weighted by Gasteiger charge is 2.24. The number of carbonyl (C=O) groups is 1. The summed E-state index contributed by atoms with van der Waals surface area (Å²) in [6, 6.07) is 8.78. The van der Waals surface area contributed by atoms with Crippen LogP contribution in [0.1, 0.15) is 11.1 Å². The van der Waals surface area contributed by atoms with Gasteiger partial charge in [-0.15, -0.1) is 0 Å². The van der Waals surface area contributed by atoms with Gasteiger partial charge in [0.05, 0.1) is 31.1 Å². The number of fused-ring (bicyclic) bond motifs is 1. The first-order chi connectivity index (χ1) is 12.8. The molecule has 3 aromatic rings. The van der Waals surface area contributed by atoms with Gasteiger partial charge in [-0.1, -0.05) is 17.7 Å². The average Bonchev–Trinajstić information content (AvgIpc) is 2.99. The summed E-state index contributed by atoms with van der Waals surface area (Å²) in [5.74, 6) is -1.28. The Bertz CT molecular complexity index is 1120. The quantitative estimate of drug-likeness (QED) is 0.625. The largest absolute Gasteiger partial charge is 0.494 e. The second-order valence-corrected chi connectivity index (χ2v) is 7.84. The summed E-state index contributed by atoms with van der Waals surface area (Å²) in [6.07, 6.45) is 1.16. The maximum absolute atomic E-state index is 14.3. The molecule has 0 spiro atoms. The molecule has 0 N–H and O–H groups in total. The van der Waals surface area contributed by atoms with Gasteiger partial charge < -0.3 is 9.47 Å². The fourth-order valence-corrected chi connectivity index (χ4v) is 4.19. The standard InChI is InChI=1S/C19H18FNO5S/c1-12-4-6-14(7-5-12)27(23,24)21-11-13(8-19(22)26-3)15-9-18(25-2)16(20)10-17(15)21/h4-7,9-11H,8H2,1-3H3. The van der Waals surface area contributed by atoms with Gasteiger partial charge in [0.15, 0.2) is 11.6 Å². The smallest absolute Gasteiger partial charge is 0.310 e. The topological polar surface area (TPSA) is 74.6 Å². The molecule has 27 heavy (non-hydrogen) atoms. The minimum absolute atomic E-state index is 0.0425. The summed E-state index contributed by atoms with van der Waals surface area (Å²) in [6.45, 7) is 1.84. The second-order valence-electron chi connectivity index (χ2n) is 6.03. The molecule has 0 saturated carbocycles. The number of rotatable bonds is 5. The van der Waals surface area contributed by atoms with Crippen molar-refractivity contribution in [1.82, 2.24) is 3.97 Å². The predicted molar refractivity (Wildman–Crippen MR) is 97.9 cm³/mol. The summed E-state index contributed by atoms with van der Waals surface area (Å²) < 4.78 is 51.1. The van der Waals surface area contributed by atoms with Gasteiger partial charge in [-0.2, -0.15) is 0 Å². The Balaban J connectivity index is 2.27. The molecule has 2 aromatic carbocycles. The molecule has 1 aromatic heterocycles. The van der Waals surface area contributed by atoms with Crippen molar-refractivity contribution in [2.45, 2.75) is 18.2 Å².